The number of hydrogen-bond donors (Lipinski definition) is 0. The van der Waals surface area contributed by atoms with E-state index in [4.69, 9.17) is 0 Å². The number of aliphatic carboxylic acids is 2. The molecule has 0 unspecified atom stereocenters. The number of allylic oxidation sites excluding steroid dienone is 4. The standard InChI is InChI=1S/2C18H34O2.Pb/c2*1-2-3-4-5-6-7-8-9-10-11-12-13-14-15-16-17-18(19)20;/h2*9-10H,2-8,11-17H2,1H3,(H,19,20);/p-2/b2*10-9-;. The molecule has 5 heteroatoms. The molecule has 240 valence electrons. The summed E-state index contributed by atoms with van der Waals surface area (Å²) in [6.07, 6.45) is 41.8. The van der Waals surface area contributed by atoms with Crippen LogP contribution in [0.5, 0.6) is 0 Å². The Kier molecular flexibility index (Phi) is 45.3. The van der Waals surface area contributed by atoms with Gasteiger partial charge in [-0.2, -0.15) is 0 Å². The Hall–Kier alpha value is -0.658. The maximum absolute atomic E-state index is 10.2. The van der Waals surface area contributed by atoms with Gasteiger partial charge in [0.1, 0.15) is 0 Å². The molecule has 0 saturated carbocycles. The van der Waals surface area contributed by atoms with Crippen LogP contribution in [-0.2, 0) is 9.59 Å². The van der Waals surface area contributed by atoms with Gasteiger partial charge < -0.3 is 19.8 Å². The van der Waals surface area contributed by atoms with Gasteiger partial charge in [0.05, 0.1) is 0 Å². The predicted molar refractivity (Wildman–Crippen MR) is 175 cm³/mol. The summed E-state index contributed by atoms with van der Waals surface area (Å²) in [6, 6.07) is 0. The second-order valence-corrected chi connectivity index (χ2v) is 11.4. The van der Waals surface area contributed by atoms with Crippen LogP contribution in [0, 0.1) is 0 Å². The molecule has 0 amide bonds. The first-order valence-electron chi connectivity index (χ1n) is 17.2. The molecule has 4 radical (unpaired) electrons. The van der Waals surface area contributed by atoms with Crippen molar-refractivity contribution in [3.8, 4) is 0 Å². The summed E-state index contributed by atoms with van der Waals surface area (Å²) < 4.78 is 0. The third kappa shape index (κ3) is 49.3. The van der Waals surface area contributed by atoms with Gasteiger partial charge in [0, 0.05) is 39.2 Å². The van der Waals surface area contributed by atoms with E-state index in [9.17, 15) is 19.8 Å². The van der Waals surface area contributed by atoms with E-state index >= 15 is 0 Å². The third-order valence-electron chi connectivity index (χ3n) is 7.29. The second-order valence-electron chi connectivity index (χ2n) is 11.4. The zero-order valence-electron chi connectivity index (χ0n) is 27.2. The molecule has 0 aliphatic carbocycles. The third-order valence-corrected chi connectivity index (χ3v) is 7.29. The number of unbranched alkanes of at least 4 members (excludes halogenated alkanes) is 22. The number of carbonyl (C=O) groups excluding carboxylic acids is 2. The first-order valence-corrected chi connectivity index (χ1v) is 17.2. The van der Waals surface area contributed by atoms with Crippen LogP contribution in [-0.4, -0.2) is 39.2 Å². The fourth-order valence-corrected chi connectivity index (χ4v) is 4.68. The van der Waals surface area contributed by atoms with Crippen LogP contribution in [0.1, 0.15) is 194 Å². The number of carboxylic acid groups (broad SMARTS) is 2. The molecule has 0 atom stereocenters. The van der Waals surface area contributed by atoms with E-state index in [1.165, 1.54) is 128 Å². The normalized spacial score (nSPS) is 11.0. The van der Waals surface area contributed by atoms with Crippen LogP contribution in [0.3, 0.4) is 0 Å². The molecule has 0 rings (SSSR count). The molecule has 4 nitrogen and oxygen atoms in total. The molecule has 0 aromatic heterocycles. The molecule has 0 saturated heterocycles. The molecule has 0 heterocycles. The summed E-state index contributed by atoms with van der Waals surface area (Å²) in [5.74, 6) is -1.83. The van der Waals surface area contributed by atoms with Crippen molar-refractivity contribution in [2.75, 3.05) is 0 Å². The van der Waals surface area contributed by atoms with Crippen molar-refractivity contribution in [2.24, 2.45) is 0 Å². The Labute approximate surface area is 275 Å². The summed E-state index contributed by atoms with van der Waals surface area (Å²) in [5.41, 5.74) is 0. The summed E-state index contributed by atoms with van der Waals surface area (Å²) >= 11 is 0. The van der Waals surface area contributed by atoms with Gasteiger partial charge in [-0.1, -0.05) is 141 Å². The molecular formula is C36H66O4Pb-2. The Morgan fingerprint density at radius 2 is 0.610 bits per heavy atom. The number of hydrogen-bond acceptors (Lipinski definition) is 4. The van der Waals surface area contributed by atoms with Crippen LogP contribution >= 0.6 is 0 Å². The van der Waals surface area contributed by atoms with Gasteiger partial charge in [-0.3, -0.25) is 0 Å². The molecule has 0 aromatic carbocycles. The Bertz CT molecular complexity index is 524. The Morgan fingerprint density at radius 1 is 0.390 bits per heavy atom. The molecule has 0 aliphatic rings. The SMILES string of the molecule is CCCCCCCC/C=C\CCCCCCCC(=O)[O-].CCCCCCCC/C=C\CCCCCCCC(=O)[O-].[Pb]. The predicted octanol–water partition coefficient (Wildman–Crippen LogP) is 9.17. The summed E-state index contributed by atoms with van der Waals surface area (Å²) in [6.45, 7) is 4.51. The maximum Gasteiger partial charge on any atom is 0.0414 e. The summed E-state index contributed by atoms with van der Waals surface area (Å²) in [4.78, 5) is 20.4. The molecule has 0 spiro atoms. The van der Waals surface area contributed by atoms with Gasteiger partial charge in [-0.05, 0) is 77.0 Å². The van der Waals surface area contributed by atoms with Gasteiger partial charge in [-0.25, -0.2) is 0 Å². The van der Waals surface area contributed by atoms with Crippen molar-refractivity contribution < 1.29 is 19.8 Å². The fourth-order valence-electron chi connectivity index (χ4n) is 4.68. The fraction of sp³-hybridized carbons (Fsp3) is 0.833. The van der Waals surface area contributed by atoms with E-state index in [0.29, 0.717) is 0 Å². The minimum atomic E-state index is -0.914. The molecule has 0 aromatic rings. The molecule has 0 bridgehead atoms. The summed E-state index contributed by atoms with van der Waals surface area (Å²) in [7, 11) is 0. The number of rotatable bonds is 30. The van der Waals surface area contributed by atoms with E-state index in [1.807, 2.05) is 0 Å². The quantitative estimate of drug-likeness (QED) is 0.0415. The topological polar surface area (TPSA) is 80.3 Å². The van der Waals surface area contributed by atoms with Crippen molar-refractivity contribution in [2.45, 2.75) is 194 Å². The minimum absolute atomic E-state index is 0. The van der Waals surface area contributed by atoms with Gasteiger partial charge in [0.2, 0.25) is 0 Å². The summed E-state index contributed by atoms with van der Waals surface area (Å²) in [5, 5.41) is 20.4. The smallest absolute Gasteiger partial charge is 0.0414 e. The van der Waals surface area contributed by atoms with E-state index in [1.54, 1.807) is 0 Å². The average Bonchev–Trinajstić information content (AvgIpc) is 2.93. The van der Waals surface area contributed by atoms with Crippen LogP contribution in [0.2, 0.25) is 0 Å². The van der Waals surface area contributed by atoms with Crippen LogP contribution < -0.4 is 10.2 Å². The number of carboxylic acids is 2. The van der Waals surface area contributed by atoms with Gasteiger partial charge in [0.15, 0.2) is 0 Å². The first-order chi connectivity index (χ1) is 19.5. The van der Waals surface area contributed by atoms with Gasteiger partial charge >= 0.3 is 0 Å². The zero-order chi connectivity index (χ0) is 29.8. The first kappa shape index (κ1) is 44.8. The average molecular weight is 770 g/mol. The Balaban J connectivity index is -0.000000688. The molecular weight excluding hydrogens is 704 g/mol. The van der Waals surface area contributed by atoms with Crippen molar-refractivity contribution in [3.63, 3.8) is 0 Å². The molecule has 0 aliphatic heterocycles. The van der Waals surface area contributed by atoms with Gasteiger partial charge in [-0.15, -0.1) is 0 Å². The van der Waals surface area contributed by atoms with Gasteiger partial charge in [0.25, 0.3) is 0 Å². The van der Waals surface area contributed by atoms with E-state index in [2.05, 4.69) is 38.2 Å². The zero-order valence-corrected chi connectivity index (χ0v) is 31.1. The second kappa shape index (κ2) is 41.5. The van der Waals surface area contributed by atoms with Crippen molar-refractivity contribution in [1.29, 1.82) is 0 Å². The Morgan fingerprint density at radius 3 is 0.854 bits per heavy atom. The molecule has 0 fully saturated rings. The largest absolute Gasteiger partial charge is 0.550 e. The monoisotopic (exact) mass is 770 g/mol. The van der Waals surface area contributed by atoms with E-state index < -0.39 is 11.9 Å². The van der Waals surface area contributed by atoms with Crippen molar-refractivity contribution in [1.82, 2.24) is 0 Å². The minimum Gasteiger partial charge on any atom is -0.550 e. The number of carbonyl (C=O) groups is 2. The maximum atomic E-state index is 10.2. The van der Waals surface area contributed by atoms with E-state index in [0.717, 1.165) is 38.5 Å². The van der Waals surface area contributed by atoms with Crippen LogP contribution in [0.15, 0.2) is 24.3 Å². The van der Waals surface area contributed by atoms with Crippen molar-refractivity contribution in [3.05, 3.63) is 24.3 Å². The van der Waals surface area contributed by atoms with Crippen molar-refractivity contribution >= 4 is 39.2 Å². The van der Waals surface area contributed by atoms with Crippen LogP contribution in [0.25, 0.3) is 0 Å². The molecule has 0 N–H and O–H groups in total. The molecule has 41 heavy (non-hydrogen) atoms. The van der Waals surface area contributed by atoms with Crippen LogP contribution in [0.4, 0.5) is 0 Å². The van der Waals surface area contributed by atoms with E-state index in [-0.39, 0.29) is 40.1 Å².